The number of fused-ring (bicyclic) bond motifs is 3. The molecule has 4 nitrogen and oxygen atoms in total. The number of anilines is 1. The third kappa shape index (κ3) is 1.97. The van der Waals surface area contributed by atoms with Crippen LogP contribution in [0, 0.1) is 0 Å². The Morgan fingerprint density at radius 2 is 1.90 bits per heavy atom. The van der Waals surface area contributed by atoms with Gasteiger partial charge in [-0.25, -0.2) is 0 Å². The lowest BCUT2D eigenvalue weighted by atomic mass is 10.0. The van der Waals surface area contributed by atoms with Crippen molar-refractivity contribution in [2.45, 2.75) is 0 Å². The second kappa shape index (κ2) is 4.68. The average Bonchev–Trinajstić information content (AvgIpc) is 2.99. The second-order valence-electron chi connectivity index (χ2n) is 4.96. The van der Waals surface area contributed by atoms with Crippen LogP contribution in [0.3, 0.4) is 0 Å². The zero-order valence-electron chi connectivity index (χ0n) is 11.7. The van der Waals surface area contributed by atoms with Crippen LogP contribution in [0.4, 0.5) is 5.69 Å². The number of benzene rings is 2. The van der Waals surface area contributed by atoms with Crippen LogP contribution in [0.5, 0.6) is 5.75 Å². The van der Waals surface area contributed by atoms with Gasteiger partial charge in [0.15, 0.2) is 0 Å². The highest BCUT2D eigenvalue weighted by atomic mass is 16.5. The molecule has 0 aliphatic carbocycles. The summed E-state index contributed by atoms with van der Waals surface area (Å²) >= 11 is 0. The molecule has 0 unspecified atom stereocenters. The molecule has 1 N–H and O–H groups in total. The Morgan fingerprint density at radius 1 is 1.00 bits per heavy atom. The van der Waals surface area contributed by atoms with E-state index in [1.165, 1.54) is 11.1 Å². The van der Waals surface area contributed by atoms with Crippen LogP contribution in [-0.2, 0) is 0 Å². The van der Waals surface area contributed by atoms with E-state index in [4.69, 9.17) is 4.74 Å². The number of hydrogen-bond donors (Lipinski definition) is 1. The van der Waals surface area contributed by atoms with Crippen LogP contribution < -0.4 is 15.3 Å². The van der Waals surface area contributed by atoms with Gasteiger partial charge in [-0.3, -0.25) is 10.0 Å². The molecule has 2 aromatic carbocycles. The van der Waals surface area contributed by atoms with Crippen molar-refractivity contribution in [3.63, 3.8) is 0 Å². The molecule has 4 rings (SSSR count). The minimum Gasteiger partial charge on any atom is -0.497 e. The molecular weight excluding hydrogens is 262 g/mol. The fourth-order valence-corrected chi connectivity index (χ4v) is 2.62. The van der Waals surface area contributed by atoms with Crippen molar-refractivity contribution in [2.24, 2.45) is 0 Å². The molecule has 2 aliphatic rings. The van der Waals surface area contributed by atoms with Gasteiger partial charge in [0.1, 0.15) is 5.75 Å². The molecular formula is C17H15N3O. The molecule has 2 aliphatic heterocycles. The van der Waals surface area contributed by atoms with Crippen molar-refractivity contribution in [3.8, 4) is 5.75 Å². The normalized spacial score (nSPS) is 15.6. The first-order chi connectivity index (χ1) is 10.3. The summed E-state index contributed by atoms with van der Waals surface area (Å²) in [4.78, 5) is 0. The maximum absolute atomic E-state index is 5.29. The molecule has 2 heterocycles. The average molecular weight is 277 g/mol. The first kappa shape index (κ1) is 12.1. The van der Waals surface area contributed by atoms with Gasteiger partial charge in [-0.1, -0.05) is 30.3 Å². The summed E-state index contributed by atoms with van der Waals surface area (Å²) in [6, 6.07) is 16.3. The van der Waals surface area contributed by atoms with Gasteiger partial charge < -0.3 is 4.74 Å². The number of nitrogens with one attached hydrogen (secondary N) is 1. The third-order valence-electron chi connectivity index (χ3n) is 3.70. The summed E-state index contributed by atoms with van der Waals surface area (Å²) in [6.07, 6.45) is 6.24. The molecule has 104 valence electrons. The number of ether oxygens (including phenoxy) is 1. The van der Waals surface area contributed by atoms with Crippen molar-refractivity contribution in [2.75, 3.05) is 12.1 Å². The van der Waals surface area contributed by atoms with Crippen molar-refractivity contribution in [3.05, 3.63) is 72.1 Å². The maximum atomic E-state index is 5.29. The standard InChI is InChI=1S/C17H15N3O/c1-21-15-7-4-6-14(11-15)20-12-17-16-8-3-2-5-13(16)9-10-19(17)18-20/h2-12,18H,1H3. The number of nitrogens with zero attached hydrogens (tertiary/aromatic N) is 2. The van der Waals surface area contributed by atoms with Crippen molar-refractivity contribution in [1.82, 2.24) is 10.5 Å². The first-order valence-electron chi connectivity index (χ1n) is 6.83. The van der Waals surface area contributed by atoms with E-state index in [9.17, 15) is 0 Å². The first-order valence-corrected chi connectivity index (χ1v) is 6.83. The van der Waals surface area contributed by atoms with E-state index in [0.717, 1.165) is 17.1 Å². The van der Waals surface area contributed by atoms with Gasteiger partial charge in [0.2, 0.25) is 0 Å². The molecule has 2 aromatic rings. The van der Waals surface area contributed by atoms with E-state index in [1.807, 2.05) is 40.5 Å². The Labute approximate surface area is 123 Å². The predicted octanol–water partition coefficient (Wildman–Crippen LogP) is 3.22. The number of hydrazine groups is 2. The molecule has 0 fully saturated rings. The second-order valence-corrected chi connectivity index (χ2v) is 4.96. The highest BCUT2D eigenvalue weighted by molar-refractivity contribution is 5.80. The fraction of sp³-hybridized carbons (Fsp3) is 0.0588. The molecule has 0 amide bonds. The minimum absolute atomic E-state index is 0.841. The quantitative estimate of drug-likeness (QED) is 0.912. The van der Waals surface area contributed by atoms with E-state index in [2.05, 4.69) is 42.1 Å². The topological polar surface area (TPSA) is 27.7 Å². The molecule has 0 saturated carbocycles. The van der Waals surface area contributed by atoms with Gasteiger partial charge in [0.05, 0.1) is 18.5 Å². The van der Waals surface area contributed by atoms with Gasteiger partial charge >= 0.3 is 0 Å². The molecule has 0 bridgehead atoms. The van der Waals surface area contributed by atoms with Crippen molar-refractivity contribution < 1.29 is 4.74 Å². The largest absolute Gasteiger partial charge is 0.497 e. The number of hydrogen-bond acceptors (Lipinski definition) is 4. The zero-order valence-corrected chi connectivity index (χ0v) is 11.7. The smallest absolute Gasteiger partial charge is 0.120 e. The lowest BCUT2D eigenvalue weighted by molar-refractivity contribution is 0.409. The lowest BCUT2D eigenvalue weighted by Crippen LogP contribution is -2.37. The van der Waals surface area contributed by atoms with E-state index >= 15 is 0 Å². The molecule has 0 atom stereocenters. The molecule has 0 radical (unpaired) electrons. The fourth-order valence-electron chi connectivity index (χ4n) is 2.62. The Bertz CT molecular complexity index is 751. The monoisotopic (exact) mass is 277 g/mol. The summed E-state index contributed by atoms with van der Waals surface area (Å²) in [6.45, 7) is 0. The highest BCUT2D eigenvalue weighted by Gasteiger charge is 2.25. The molecule has 4 heteroatoms. The van der Waals surface area contributed by atoms with Crippen molar-refractivity contribution in [1.29, 1.82) is 0 Å². The summed E-state index contributed by atoms with van der Waals surface area (Å²) in [5.41, 5.74) is 7.95. The molecule has 0 aromatic heterocycles. The third-order valence-corrected chi connectivity index (χ3v) is 3.70. The number of methoxy groups -OCH3 is 1. The SMILES string of the molecule is COc1cccc(N2C=C3c4ccccc4C=CN3N2)c1. The van der Waals surface area contributed by atoms with E-state index < -0.39 is 0 Å². The van der Waals surface area contributed by atoms with Crippen LogP contribution in [0.2, 0.25) is 0 Å². The van der Waals surface area contributed by atoms with Crippen LogP contribution in [0.25, 0.3) is 11.8 Å². The summed E-state index contributed by atoms with van der Waals surface area (Å²) < 4.78 is 5.29. The minimum atomic E-state index is 0.841. The zero-order chi connectivity index (χ0) is 14.2. The summed E-state index contributed by atoms with van der Waals surface area (Å²) in [5.74, 6) is 0.841. The Morgan fingerprint density at radius 3 is 2.81 bits per heavy atom. The van der Waals surface area contributed by atoms with Gasteiger partial charge in [-0.05, 0) is 23.8 Å². The lowest BCUT2D eigenvalue weighted by Gasteiger charge is -2.24. The van der Waals surface area contributed by atoms with Crippen LogP contribution in [0.15, 0.2) is 60.9 Å². The van der Waals surface area contributed by atoms with Crippen LogP contribution in [-0.4, -0.2) is 12.1 Å². The van der Waals surface area contributed by atoms with E-state index in [0.29, 0.717) is 0 Å². The van der Waals surface area contributed by atoms with Crippen molar-refractivity contribution >= 4 is 17.5 Å². The summed E-state index contributed by atoms with van der Waals surface area (Å²) in [7, 11) is 1.68. The van der Waals surface area contributed by atoms with Crippen LogP contribution >= 0.6 is 0 Å². The highest BCUT2D eigenvalue weighted by Crippen LogP contribution is 2.33. The Balaban J connectivity index is 1.73. The molecule has 0 saturated heterocycles. The van der Waals surface area contributed by atoms with Gasteiger partial charge in [-0.15, -0.1) is 5.53 Å². The summed E-state index contributed by atoms with van der Waals surface area (Å²) in [5, 5.41) is 4.01. The molecule has 21 heavy (non-hydrogen) atoms. The van der Waals surface area contributed by atoms with Crippen LogP contribution in [0.1, 0.15) is 11.1 Å². The Kier molecular flexibility index (Phi) is 2.69. The maximum Gasteiger partial charge on any atom is 0.120 e. The van der Waals surface area contributed by atoms with E-state index in [1.54, 1.807) is 7.11 Å². The Hall–Kier alpha value is -2.72. The van der Waals surface area contributed by atoms with Gasteiger partial charge in [0, 0.05) is 24.0 Å². The van der Waals surface area contributed by atoms with Gasteiger partial charge in [-0.2, -0.15) is 0 Å². The van der Waals surface area contributed by atoms with E-state index in [-0.39, 0.29) is 0 Å². The molecule has 0 spiro atoms. The van der Waals surface area contributed by atoms with Gasteiger partial charge in [0.25, 0.3) is 0 Å². The predicted molar refractivity (Wildman–Crippen MR) is 83.9 cm³/mol. The number of rotatable bonds is 2.